The Hall–Kier alpha value is -0.670. The molecule has 0 heterocycles. The average molecular weight is 191 g/mol. The van der Waals surface area contributed by atoms with Crippen LogP contribution in [0.4, 0.5) is 8.78 Å². The Morgan fingerprint density at radius 1 is 1.54 bits per heavy atom. The molecular formula is C9H15F2NO. The quantitative estimate of drug-likeness (QED) is 0.707. The second-order valence-electron chi connectivity index (χ2n) is 3.59. The van der Waals surface area contributed by atoms with Crippen LogP contribution in [-0.2, 0) is 4.79 Å². The van der Waals surface area contributed by atoms with Gasteiger partial charge in [0.15, 0.2) is 0 Å². The number of carbonyl (C=O) groups is 1. The molecule has 1 atom stereocenters. The number of hydrogen-bond acceptors (Lipinski definition) is 1. The van der Waals surface area contributed by atoms with Crippen LogP contribution >= 0.6 is 0 Å². The van der Waals surface area contributed by atoms with E-state index in [1.165, 1.54) is 12.8 Å². The first-order chi connectivity index (χ1) is 6.13. The maximum atomic E-state index is 11.9. The molecule has 1 rings (SSSR count). The fourth-order valence-corrected chi connectivity index (χ4v) is 1.35. The maximum Gasteiger partial charge on any atom is 0.315 e. The molecule has 1 aliphatic rings. The van der Waals surface area contributed by atoms with Crippen LogP contribution in [0.2, 0.25) is 0 Å². The molecule has 0 aromatic rings. The summed E-state index contributed by atoms with van der Waals surface area (Å²) in [5.41, 5.74) is 0. The summed E-state index contributed by atoms with van der Waals surface area (Å²) in [6.07, 6.45) is 1.07. The summed E-state index contributed by atoms with van der Waals surface area (Å²) in [7, 11) is 0. The number of halogens is 2. The molecule has 1 unspecified atom stereocenters. The zero-order valence-electron chi connectivity index (χ0n) is 7.72. The highest BCUT2D eigenvalue weighted by Gasteiger charge is 2.26. The van der Waals surface area contributed by atoms with Crippen LogP contribution in [0.15, 0.2) is 0 Å². The third-order valence-electron chi connectivity index (χ3n) is 2.35. The lowest BCUT2D eigenvalue weighted by Gasteiger charge is -2.15. The van der Waals surface area contributed by atoms with Crippen LogP contribution in [0, 0.1) is 5.92 Å². The van der Waals surface area contributed by atoms with E-state index in [9.17, 15) is 13.6 Å². The van der Waals surface area contributed by atoms with Gasteiger partial charge in [0.2, 0.25) is 0 Å². The van der Waals surface area contributed by atoms with Gasteiger partial charge >= 0.3 is 6.43 Å². The number of hydrogen-bond donors (Lipinski definition) is 1. The van der Waals surface area contributed by atoms with E-state index in [4.69, 9.17) is 0 Å². The fourth-order valence-electron chi connectivity index (χ4n) is 1.35. The van der Waals surface area contributed by atoms with Gasteiger partial charge < -0.3 is 5.32 Å². The molecule has 0 bridgehead atoms. The first kappa shape index (κ1) is 10.4. The van der Waals surface area contributed by atoms with Crippen molar-refractivity contribution in [2.45, 2.75) is 45.1 Å². The minimum atomic E-state index is -2.88. The van der Waals surface area contributed by atoms with Gasteiger partial charge in [-0.05, 0) is 18.8 Å². The Balaban J connectivity index is 2.25. The number of nitrogens with one attached hydrogen (secondary N) is 1. The molecule has 1 amide bonds. The first-order valence-corrected chi connectivity index (χ1v) is 4.72. The molecule has 76 valence electrons. The molecule has 0 aromatic carbocycles. The van der Waals surface area contributed by atoms with Crippen LogP contribution in [0.25, 0.3) is 0 Å². The van der Waals surface area contributed by atoms with Gasteiger partial charge in [0.1, 0.15) is 0 Å². The van der Waals surface area contributed by atoms with Crippen molar-refractivity contribution in [3.05, 3.63) is 0 Å². The molecule has 0 radical (unpaired) electrons. The van der Waals surface area contributed by atoms with E-state index in [1.807, 2.05) is 6.92 Å². The maximum absolute atomic E-state index is 11.9. The molecule has 0 spiro atoms. The molecule has 4 heteroatoms. The zero-order chi connectivity index (χ0) is 9.84. The Morgan fingerprint density at radius 2 is 2.15 bits per heavy atom. The van der Waals surface area contributed by atoms with Gasteiger partial charge in [-0.15, -0.1) is 0 Å². The number of amides is 1. The van der Waals surface area contributed by atoms with Gasteiger partial charge in [-0.1, -0.05) is 19.8 Å². The summed E-state index contributed by atoms with van der Waals surface area (Å²) < 4.78 is 23.7. The van der Waals surface area contributed by atoms with E-state index in [2.05, 4.69) is 5.32 Å². The van der Waals surface area contributed by atoms with Gasteiger partial charge in [0.25, 0.3) is 5.91 Å². The second kappa shape index (κ2) is 4.53. The smallest absolute Gasteiger partial charge is 0.315 e. The van der Waals surface area contributed by atoms with Crippen molar-refractivity contribution in [3.8, 4) is 0 Å². The SMILES string of the molecule is CCC(CC1CC1)NC(=O)C(F)F. The Labute approximate surface area is 76.7 Å². The number of rotatable bonds is 5. The first-order valence-electron chi connectivity index (χ1n) is 4.72. The standard InChI is InChI=1S/C9H15F2NO/c1-2-7(5-6-3-4-6)12-9(13)8(10)11/h6-8H,2-5H2,1H3,(H,12,13). The molecule has 1 aliphatic carbocycles. The zero-order valence-corrected chi connectivity index (χ0v) is 7.72. The van der Waals surface area contributed by atoms with E-state index in [0.29, 0.717) is 5.92 Å². The topological polar surface area (TPSA) is 29.1 Å². The minimum absolute atomic E-state index is 0.0611. The third kappa shape index (κ3) is 3.70. The van der Waals surface area contributed by atoms with Gasteiger partial charge in [-0.3, -0.25) is 4.79 Å². The largest absolute Gasteiger partial charge is 0.348 e. The highest BCUT2D eigenvalue weighted by Crippen LogP contribution is 2.34. The van der Waals surface area contributed by atoms with Gasteiger partial charge in [-0.2, -0.15) is 8.78 Å². The summed E-state index contributed by atoms with van der Waals surface area (Å²) in [6, 6.07) is -0.0611. The summed E-state index contributed by atoms with van der Waals surface area (Å²) >= 11 is 0. The van der Waals surface area contributed by atoms with E-state index in [0.717, 1.165) is 12.8 Å². The van der Waals surface area contributed by atoms with Gasteiger partial charge in [-0.25, -0.2) is 0 Å². The Morgan fingerprint density at radius 3 is 2.54 bits per heavy atom. The number of carbonyl (C=O) groups excluding carboxylic acids is 1. The molecule has 1 saturated carbocycles. The highest BCUT2D eigenvalue weighted by molar-refractivity contribution is 5.79. The van der Waals surface area contributed by atoms with E-state index in [-0.39, 0.29) is 6.04 Å². The predicted octanol–water partition coefficient (Wildman–Crippen LogP) is 1.95. The van der Waals surface area contributed by atoms with Crippen molar-refractivity contribution in [3.63, 3.8) is 0 Å². The third-order valence-corrected chi connectivity index (χ3v) is 2.35. The van der Waals surface area contributed by atoms with Crippen molar-refractivity contribution in [1.29, 1.82) is 0 Å². The molecule has 0 aromatic heterocycles. The van der Waals surface area contributed by atoms with Crippen LogP contribution in [0.1, 0.15) is 32.6 Å². The predicted molar refractivity (Wildman–Crippen MR) is 45.6 cm³/mol. The molecule has 2 nitrogen and oxygen atoms in total. The monoisotopic (exact) mass is 191 g/mol. The van der Waals surface area contributed by atoms with Crippen molar-refractivity contribution in [1.82, 2.24) is 5.32 Å². The second-order valence-corrected chi connectivity index (χ2v) is 3.59. The van der Waals surface area contributed by atoms with Crippen LogP contribution in [-0.4, -0.2) is 18.4 Å². The molecule has 13 heavy (non-hydrogen) atoms. The van der Waals surface area contributed by atoms with E-state index >= 15 is 0 Å². The molecule has 0 aliphatic heterocycles. The normalized spacial score (nSPS) is 18.8. The summed E-state index contributed by atoms with van der Waals surface area (Å²) in [6.45, 7) is 1.90. The highest BCUT2D eigenvalue weighted by atomic mass is 19.3. The lowest BCUT2D eigenvalue weighted by molar-refractivity contribution is -0.132. The molecule has 1 fully saturated rings. The van der Waals surface area contributed by atoms with Crippen LogP contribution < -0.4 is 5.32 Å². The lowest BCUT2D eigenvalue weighted by Crippen LogP contribution is -2.38. The van der Waals surface area contributed by atoms with Crippen molar-refractivity contribution in [2.24, 2.45) is 5.92 Å². The van der Waals surface area contributed by atoms with Crippen LogP contribution in [0.5, 0.6) is 0 Å². The number of alkyl halides is 2. The summed E-state index contributed by atoms with van der Waals surface area (Å²) in [5, 5.41) is 2.35. The molecule has 1 N–H and O–H groups in total. The minimum Gasteiger partial charge on any atom is -0.348 e. The average Bonchev–Trinajstić information content (AvgIpc) is 2.86. The van der Waals surface area contributed by atoms with E-state index < -0.39 is 12.3 Å². The molecule has 0 saturated heterocycles. The Bertz CT molecular complexity index is 180. The van der Waals surface area contributed by atoms with Crippen LogP contribution in [0.3, 0.4) is 0 Å². The summed E-state index contributed by atoms with van der Waals surface area (Å²) in [4.78, 5) is 10.7. The van der Waals surface area contributed by atoms with Gasteiger partial charge in [0.05, 0.1) is 0 Å². The van der Waals surface area contributed by atoms with Crippen molar-refractivity contribution < 1.29 is 13.6 Å². The Kier molecular flexibility index (Phi) is 3.63. The lowest BCUT2D eigenvalue weighted by atomic mass is 10.1. The summed E-state index contributed by atoms with van der Waals surface area (Å²) in [5.74, 6) is -0.476. The van der Waals surface area contributed by atoms with Crippen molar-refractivity contribution >= 4 is 5.91 Å². The fraction of sp³-hybridized carbons (Fsp3) is 0.889. The molecular weight excluding hydrogens is 176 g/mol. The van der Waals surface area contributed by atoms with Crippen molar-refractivity contribution in [2.75, 3.05) is 0 Å². The van der Waals surface area contributed by atoms with E-state index in [1.54, 1.807) is 0 Å². The van der Waals surface area contributed by atoms with Gasteiger partial charge in [0, 0.05) is 6.04 Å².